The van der Waals surface area contributed by atoms with E-state index in [4.69, 9.17) is 0 Å². The summed E-state index contributed by atoms with van der Waals surface area (Å²) in [5.41, 5.74) is 1.66. The SMILES string of the molecule is CCn1c(=O)n(CCC(=O)Nc2ccn(C)n2)c2ccccc21. The number of fused-ring (bicyclic) bond motifs is 1. The maximum Gasteiger partial charge on any atom is 0.329 e. The van der Waals surface area contributed by atoms with E-state index in [1.54, 1.807) is 33.1 Å². The summed E-state index contributed by atoms with van der Waals surface area (Å²) in [5.74, 6) is 0.352. The van der Waals surface area contributed by atoms with Crippen LogP contribution in [0, 0.1) is 0 Å². The summed E-state index contributed by atoms with van der Waals surface area (Å²) in [4.78, 5) is 24.5. The molecule has 23 heavy (non-hydrogen) atoms. The van der Waals surface area contributed by atoms with Gasteiger partial charge in [-0.15, -0.1) is 0 Å². The van der Waals surface area contributed by atoms with Gasteiger partial charge in [0.15, 0.2) is 5.82 Å². The van der Waals surface area contributed by atoms with Crippen molar-refractivity contribution in [3.8, 4) is 0 Å². The molecule has 0 saturated carbocycles. The van der Waals surface area contributed by atoms with E-state index < -0.39 is 0 Å². The molecule has 0 radical (unpaired) electrons. The molecule has 7 nitrogen and oxygen atoms in total. The molecule has 3 aromatic rings. The van der Waals surface area contributed by atoms with Crippen molar-refractivity contribution in [3.05, 3.63) is 47.0 Å². The molecule has 0 saturated heterocycles. The molecule has 0 aliphatic carbocycles. The first-order chi connectivity index (χ1) is 11.1. The van der Waals surface area contributed by atoms with Crippen molar-refractivity contribution in [1.29, 1.82) is 0 Å². The molecule has 3 rings (SSSR count). The van der Waals surface area contributed by atoms with E-state index in [0.29, 0.717) is 18.9 Å². The summed E-state index contributed by atoms with van der Waals surface area (Å²) < 4.78 is 4.98. The molecule has 0 bridgehead atoms. The highest BCUT2D eigenvalue weighted by atomic mass is 16.2. The van der Waals surface area contributed by atoms with Gasteiger partial charge < -0.3 is 5.32 Å². The predicted molar refractivity (Wildman–Crippen MR) is 88.3 cm³/mol. The van der Waals surface area contributed by atoms with Gasteiger partial charge in [-0.2, -0.15) is 5.10 Å². The molecule has 2 heterocycles. The fourth-order valence-corrected chi connectivity index (χ4v) is 2.69. The van der Waals surface area contributed by atoms with Crippen LogP contribution in [0.1, 0.15) is 13.3 Å². The van der Waals surface area contributed by atoms with Crippen LogP contribution in [-0.4, -0.2) is 24.8 Å². The number of amides is 1. The third-order valence-electron chi connectivity index (χ3n) is 3.78. The molecule has 7 heteroatoms. The van der Waals surface area contributed by atoms with Crippen LogP contribution in [0.3, 0.4) is 0 Å². The number of para-hydroxylation sites is 2. The molecule has 0 unspecified atom stereocenters. The second-order valence-electron chi connectivity index (χ2n) is 5.34. The van der Waals surface area contributed by atoms with Gasteiger partial charge in [0.25, 0.3) is 0 Å². The van der Waals surface area contributed by atoms with Crippen molar-refractivity contribution < 1.29 is 4.79 Å². The zero-order valence-electron chi connectivity index (χ0n) is 13.2. The fourth-order valence-electron chi connectivity index (χ4n) is 2.69. The van der Waals surface area contributed by atoms with Crippen LogP contribution in [0.5, 0.6) is 0 Å². The highest BCUT2D eigenvalue weighted by Crippen LogP contribution is 2.13. The van der Waals surface area contributed by atoms with Crippen LogP contribution in [0.2, 0.25) is 0 Å². The van der Waals surface area contributed by atoms with Crippen molar-refractivity contribution in [1.82, 2.24) is 18.9 Å². The Morgan fingerprint density at radius 1 is 1.17 bits per heavy atom. The third kappa shape index (κ3) is 2.90. The van der Waals surface area contributed by atoms with Gasteiger partial charge in [-0.1, -0.05) is 12.1 Å². The maximum atomic E-state index is 12.5. The normalized spacial score (nSPS) is 11.0. The average molecular weight is 313 g/mol. The number of nitrogens with zero attached hydrogens (tertiary/aromatic N) is 4. The number of rotatable bonds is 5. The maximum absolute atomic E-state index is 12.5. The van der Waals surface area contributed by atoms with Crippen molar-refractivity contribution in [2.45, 2.75) is 26.4 Å². The van der Waals surface area contributed by atoms with Crippen molar-refractivity contribution >= 4 is 22.8 Å². The smallest absolute Gasteiger partial charge is 0.309 e. The lowest BCUT2D eigenvalue weighted by Crippen LogP contribution is -2.25. The van der Waals surface area contributed by atoms with Crippen LogP contribution in [0.15, 0.2) is 41.3 Å². The number of aryl methyl sites for hydroxylation is 3. The predicted octanol–water partition coefficient (Wildman–Crippen LogP) is 1.59. The highest BCUT2D eigenvalue weighted by Gasteiger charge is 2.13. The van der Waals surface area contributed by atoms with Crippen LogP contribution in [0.4, 0.5) is 5.82 Å². The standard InChI is InChI=1S/C16H19N5O2/c1-3-20-12-6-4-5-7-13(12)21(16(20)23)11-9-15(22)17-14-8-10-19(2)18-14/h4-8,10H,3,9,11H2,1-2H3,(H,17,18,22). The van der Waals surface area contributed by atoms with E-state index >= 15 is 0 Å². The largest absolute Gasteiger partial charge is 0.329 e. The third-order valence-corrected chi connectivity index (χ3v) is 3.78. The van der Waals surface area contributed by atoms with Gasteiger partial charge in [-0.05, 0) is 19.1 Å². The molecule has 1 aromatic carbocycles. The van der Waals surface area contributed by atoms with E-state index in [2.05, 4.69) is 10.4 Å². The first-order valence-electron chi connectivity index (χ1n) is 7.57. The minimum Gasteiger partial charge on any atom is -0.309 e. The molecule has 0 aliphatic rings. The van der Waals surface area contributed by atoms with Gasteiger partial charge in [0.2, 0.25) is 5.91 Å². The summed E-state index contributed by atoms with van der Waals surface area (Å²) in [6, 6.07) is 9.36. The highest BCUT2D eigenvalue weighted by molar-refractivity contribution is 5.89. The number of hydrogen-bond donors (Lipinski definition) is 1. The number of carbonyl (C=O) groups excluding carboxylic acids is 1. The Morgan fingerprint density at radius 3 is 2.48 bits per heavy atom. The fraction of sp³-hybridized carbons (Fsp3) is 0.312. The summed E-state index contributed by atoms with van der Waals surface area (Å²) in [7, 11) is 1.79. The summed E-state index contributed by atoms with van der Waals surface area (Å²) in [6.07, 6.45) is 1.98. The lowest BCUT2D eigenvalue weighted by molar-refractivity contribution is -0.116. The molecular weight excluding hydrogens is 294 g/mol. The van der Waals surface area contributed by atoms with Gasteiger partial charge in [-0.3, -0.25) is 18.6 Å². The molecule has 0 atom stereocenters. The topological polar surface area (TPSA) is 73.8 Å². The van der Waals surface area contributed by atoms with Gasteiger partial charge in [-0.25, -0.2) is 4.79 Å². The number of benzene rings is 1. The van der Waals surface area contributed by atoms with Crippen LogP contribution < -0.4 is 11.0 Å². The minimum absolute atomic E-state index is 0.0839. The van der Waals surface area contributed by atoms with Crippen LogP contribution in [-0.2, 0) is 24.9 Å². The Kier molecular flexibility index (Phi) is 4.01. The second kappa shape index (κ2) is 6.12. The molecule has 2 aromatic heterocycles. The second-order valence-corrected chi connectivity index (χ2v) is 5.34. The average Bonchev–Trinajstić information content (AvgIpc) is 3.05. The summed E-state index contributed by atoms with van der Waals surface area (Å²) in [6.45, 7) is 2.88. The number of imidazole rings is 1. The van der Waals surface area contributed by atoms with Gasteiger partial charge in [0, 0.05) is 38.8 Å². The molecule has 0 fully saturated rings. The zero-order valence-corrected chi connectivity index (χ0v) is 13.2. The number of aromatic nitrogens is 4. The van der Waals surface area contributed by atoms with E-state index in [-0.39, 0.29) is 18.0 Å². The monoisotopic (exact) mass is 313 g/mol. The van der Waals surface area contributed by atoms with Crippen LogP contribution >= 0.6 is 0 Å². The van der Waals surface area contributed by atoms with E-state index in [1.807, 2.05) is 31.2 Å². The van der Waals surface area contributed by atoms with Crippen molar-refractivity contribution in [2.75, 3.05) is 5.32 Å². The van der Waals surface area contributed by atoms with Gasteiger partial charge in [0.1, 0.15) is 0 Å². The molecule has 120 valence electrons. The Hall–Kier alpha value is -2.83. The zero-order chi connectivity index (χ0) is 16.4. The van der Waals surface area contributed by atoms with Gasteiger partial charge in [0.05, 0.1) is 11.0 Å². The molecule has 1 amide bonds. The Morgan fingerprint density at radius 2 is 1.87 bits per heavy atom. The van der Waals surface area contributed by atoms with Crippen molar-refractivity contribution in [2.24, 2.45) is 7.05 Å². The quantitative estimate of drug-likeness (QED) is 0.777. The first-order valence-corrected chi connectivity index (χ1v) is 7.57. The molecular formula is C16H19N5O2. The Balaban J connectivity index is 1.78. The number of anilines is 1. The number of hydrogen-bond acceptors (Lipinski definition) is 3. The lowest BCUT2D eigenvalue weighted by Gasteiger charge is -2.04. The Labute approximate surface area is 133 Å². The van der Waals surface area contributed by atoms with Crippen LogP contribution in [0.25, 0.3) is 11.0 Å². The first kappa shape index (κ1) is 15.1. The van der Waals surface area contributed by atoms with Crippen molar-refractivity contribution in [3.63, 3.8) is 0 Å². The molecule has 0 spiro atoms. The Bertz CT molecular complexity index is 903. The van der Waals surface area contributed by atoms with Gasteiger partial charge >= 0.3 is 5.69 Å². The summed E-state index contributed by atoms with van der Waals surface area (Å²) >= 11 is 0. The lowest BCUT2D eigenvalue weighted by atomic mass is 10.3. The van der Waals surface area contributed by atoms with E-state index in [1.165, 1.54) is 0 Å². The molecule has 1 N–H and O–H groups in total. The minimum atomic E-state index is -0.163. The van der Waals surface area contributed by atoms with E-state index in [0.717, 1.165) is 11.0 Å². The van der Waals surface area contributed by atoms with E-state index in [9.17, 15) is 9.59 Å². The molecule has 0 aliphatic heterocycles. The number of carbonyl (C=O) groups is 1. The number of nitrogens with one attached hydrogen (secondary N) is 1. The summed E-state index contributed by atoms with van der Waals surface area (Å²) in [5, 5.41) is 6.83.